The molecule has 2 aromatic heterocycles. The highest BCUT2D eigenvalue weighted by molar-refractivity contribution is 7.01. The van der Waals surface area contributed by atoms with Gasteiger partial charge in [-0.2, -0.15) is 0 Å². The van der Waals surface area contributed by atoms with E-state index in [1.807, 2.05) is 0 Å². The molecule has 0 saturated heterocycles. The number of anilines is 3. The number of nitrogens with zero attached hydrogens (tertiary/aromatic N) is 3. The minimum atomic E-state index is -0.473. The van der Waals surface area contributed by atoms with Crippen molar-refractivity contribution in [1.29, 1.82) is 0 Å². The molecule has 0 saturated carbocycles. The first-order valence-electron chi connectivity index (χ1n) is 20.7. The molecule has 0 unspecified atom stereocenters. The Morgan fingerprint density at radius 1 is 0.448 bits per heavy atom. The van der Waals surface area contributed by atoms with Crippen molar-refractivity contribution in [2.24, 2.45) is 0 Å². The lowest BCUT2D eigenvalue weighted by Crippen LogP contribution is -2.62. The van der Waals surface area contributed by atoms with Gasteiger partial charge in [0.15, 0.2) is 0 Å². The predicted octanol–water partition coefficient (Wildman–Crippen LogP) is 10.6. The number of para-hydroxylation sites is 5. The molecule has 3 aliphatic heterocycles. The summed E-state index contributed by atoms with van der Waals surface area (Å²) < 4.78 is 5.24. The molecule has 2 aliphatic carbocycles. The monoisotopic (exact) mass is 735 g/mol. The van der Waals surface area contributed by atoms with Crippen LogP contribution in [-0.2, 0) is 10.8 Å². The van der Waals surface area contributed by atoms with Gasteiger partial charge in [0.2, 0.25) is 0 Å². The molecule has 5 aliphatic rings. The Balaban J connectivity index is 1.19. The molecule has 3 nitrogen and oxygen atoms in total. The van der Waals surface area contributed by atoms with Crippen LogP contribution in [0.15, 0.2) is 170 Å². The molecule has 0 radical (unpaired) electrons. The molecular formula is C54H34BN3. The van der Waals surface area contributed by atoms with Crippen LogP contribution in [0.1, 0.15) is 47.2 Å². The molecule has 1 spiro atoms. The zero-order valence-electron chi connectivity index (χ0n) is 32.1. The van der Waals surface area contributed by atoms with E-state index in [0.29, 0.717) is 0 Å². The second kappa shape index (κ2) is 9.73. The van der Waals surface area contributed by atoms with Crippen LogP contribution in [0.25, 0.3) is 55.5 Å². The van der Waals surface area contributed by atoms with Crippen LogP contribution in [0.2, 0.25) is 0 Å². The van der Waals surface area contributed by atoms with Gasteiger partial charge in [0.25, 0.3) is 6.71 Å². The van der Waals surface area contributed by atoms with Gasteiger partial charge in [-0.05, 0) is 108 Å². The van der Waals surface area contributed by atoms with E-state index in [-0.39, 0.29) is 12.1 Å². The average molecular weight is 736 g/mol. The highest BCUT2D eigenvalue weighted by Gasteiger charge is 2.56. The lowest BCUT2D eigenvalue weighted by atomic mass is 9.33. The van der Waals surface area contributed by atoms with E-state index in [1.54, 1.807) is 0 Å². The number of rotatable bonds is 0. The third kappa shape index (κ3) is 3.03. The smallest absolute Gasteiger partial charge is 0.255 e. The molecule has 0 fully saturated rings. The van der Waals surface area contributed by atoms with Crippen LogP contribution >= 0.6 is 0 Å². The molecule has 4 heteroatoms. The molecule has 0 amide bonds. The van der Waals surface area contributed by atoms with E-state index in [4.69, 9.17) is 0 Å². The molecule has 10 aromatic rings. The van der Waals surface area contributed by atoms with E-state index in [2.05, 4.69) is 198 Å². The second-order valence-corrected chi connectivity index (χ2v) is 17.5. The Labute approximate surface area is 336 Å². The van der Waals surface area contributed by atoms with Crippen LogP contribution in [0.4, 0.5) is 17.1 Å². The second-order valence-electron chi connectivity index (χ2n) is 17.5. The van der Waals surface area contributed by atoms with Gasteiger partial charge in [-0.1, -0.05) is 153 Å². The first-order valence-corrected chi connectivity index (χ1v) is 20.7. The van der Waals surface area contributed by atoms with Crippen LogP contribution in [0.3, 0.4) is 0 Å². The summed E-state index contributed by atoms with van der Waals surface area (Å²) in [7, 11) is 0. The topological polar surface area (TPSA) is 12.6 Å². The van der Waals surface area contributed by atoms with Crippen molar-refractivity contribution in [3.05, 3.63) is 203 Å². The van der Waals surface area contributed by atoms with Crippen molar-refractivity contribution >= 4 is 67.7 Å². The summed E-state index contributed by atoms with van der Waals surface area (Å²) in [6.45, 7) is 4.92. The minimum Gasteiger partial charge on any atom is -0.311 e. The van der Waals surface area contributed by atoms with Crippen molar-refractivity contribution in [3.8, 4) is 27.9 Å². The van der Waals surface area contributed by atoms with Gasteiger partial charge in [-0.25, -0.2) is 0 Å². The summed E-state index contributed by atoms with van der Waals surface area (Å²) in [5.41, 5.74) is 27.4. The Bertz CT molecular complexity index is 3530. The number of hydrogen-bond acceptors (Lipinski definition) is 1. The largest absolute Gasteiger partial charge is 0.311 e. The Morgan fingerprint density at radius 3 is 1.79 bits per heavy atom. The van der Waals surface area contributed by atoms with Crippen LogP contribution in [-0.4, -0.2) is 15.7 Å². The third-order valence-corrected chi connectivity index (χ3v) is 14.8. The first kappa shape index (κ1) is 30.1. The van der Waals surface area contributed by atoms with Gasteiger partial charge in [-0.3, -0.25) is 8.97 Å². The Kier molecular flexibility index (Phi) is 5.06. The molecule has 0 atom stereocenters. The number of imidazole rings is 1. The molecule has 5 heterocycles. The first-order chi connectivity index (χ1) is 28.6. The maximum Gasteiger partial charge on any atom is 0.255 e. The zero-order chi connectivity index (χ0) is 37.8. The third-order valence-electron chi connectivity index (χ3n) is 14.8. The van der Waals surface area contributed by atoms with E-state index >= 15 is 0 Å². The molecule has 58 heavy (non-hydrogen) atoms. The van der Waals surface area contributed by atoms with E-state index in [9.17, 15) is 0 Å². The maximum atomic E-state index is 2.69. The van der Waals surface area contributed by atoms with Gasteiger partial charge in [0.1, 0.15) is 5.65 Å². The van der Waals surface area contributed by atoms with Gasteiger partial charge >= 0.3 is 0 Å². The predicted molar refractivity (Wildman–Crippen MR) is 240 cm³/mol. The fraction of sp³-hybridized carbons (Fsp3) is 0.0741. The number of aromatic nitrogens is 2. The van der Waals surface area contributed by atoms with E-state index in [1.165, 1.54) is 122 Å². The number of fused-ring (bicyclic) bond motifs is 23. The fourth-order valence-electron chi connectivity index (χ4n) is 12.9. The molecular weight excluding hydrogens is 701 g/mol. The van der Waals surface area contributed by atoms with Crippen molar-refractivity contribution in [1.82, 2.24) is 8.97 Å². The van der Waals surface area contributed by atoms with Crippen LogP contribution < -0.4 is 21.3 Å². The Hall–Kier alpha value is -7.04. The van der Waals surface area contributed by atoms with Crippen molar-refractivity contribution in [2.45, 2.75) is 24.7 Å². The normalized spacial score (nSPS) is 16.0. The van der Waals surface area contributed by atoms with Gasteiger partial charge in [0, 0.05) is 22.5 Å². The summed E-state index contributed by atoms with van der Waals surface area (Å²) in [6.07, 6.45) is 0. The average Bonchev–Trinajstić information content (AvgIpc) is 3.96. The molecule has 0 bridgehead atoms. The number of benzene rings is 8. The maximum absolute atomic E-state index is 2.69. The summed E-state index contributed by atoms with van der Waals surface area (Å²) in [6, 6.07) is 64.9. The van der Waals surface area contributed by atoms with Gasteiger partial charge in [-0.15, -0.1) is 0 Å². The molecule has 8 aromatic carbocycles. The summed E-state index contributed by atoms with van der Waals surface area (Å²) in [4.78, 5) is 2.69. The molecule has 268 valence electrons. The standard InChI is InChI=1S/C54H34BN3/c1-53(2)36-20-7-3-18-33(36)35-30-46-49-51(47(35)53)58-45-29-14-13-28-44(45)57-42-26-11-6-19-34(42)48(52(57)58)55(49)41-25-15-24-40-50(41)56(46)43-27-12-10-23-39(43)54(40)37-21-8-4-16-31(37)32-17-5-9-22-38(32)54/h3-30H,1-2H3. The quantitative estimate of drug-likeness (QED) is 0.141. The zero-order valence-corrected chi connectivity index (χ0v) is 32.1. The molecule has 15 rings (SSSR count). The lowest BCUT2D eigenvalue weighted by molar-refractivity contribution is 0.657. The fourth-order valence-corrected chi connectivity index (χ4v) is 12.9. The SMILES string of the molecule is CC1(C)c2ccccc2-c2cc3c4c(c21)-n1c2ccccc2n2c5ccccc5c(c12)B4c1cccc2c1N3c1ccccc1C21c2ccccc2-c2ccccc21. The number of hydrogen-bond donors (Lipinski definition) is 0. The summed E-state index contributed by atoms with van der Waals surface area (Å²) in [5, 5.41) is 1.33. The van der Waals surface area contributed by atoms with Crippen molar-refractivity contribution < 1.29 is 0 Å². The van der Waals surface area contributed by atoms with Crippen molar-refractivity contribution in [2.75, 3.05) is 4.90 Å². The Morgan fingerprint density at radius 2 is 1.03 bits per heavy atom. The van der Waals surface area contributed by atoms with Crippen LogP contribution in [0.5, 0.6) is 0 Å². The minimum absolute atomic E-state index is 0.0157. The summed E-state index contributed by atoms with van der Waals surface area (Å²) >= 11 is 0. The van der Waals surface area contributed by atoms with E-state index < -0.39 is 5.41 Å². The highest BCUT2D eigenvalue weighted by atomic mass is 15.2. The van der Waals surface area contributed by atoms with Gasteiger partial charge < -0.3 is 4.90 Å². The van der Waals surface area contributed by atoms with E-state index in [0.717, 1.165) is 0 Å². The van der Waals surface area contributed by atoms with Gasteiger partial charge in [0.05, 0.1) is 27.7 Å². The molecule has 0 N–H and O–H groups in total. The summed E-state index contributed by atoms with van der Waals surface area (Å²) in [5.74, 6) is 0. The lowest BCUT2D eigenvalue weighted by Gasteiger charge is -2.50. The van der Waals surface area contributed by atoms with Crippen LogP contribution in [0, 0.1) is 0 Å². The van der Waals surface area contributed by atoms with Crippen molar-refractivity contribution in [3.63, 3.8) is 0 Å². The highest BCUT2D eigenvalue weighted by Crippen LogP contribution is 2.64.